The summed E-state index contributed by atoms with van der Waals surface area (Å²) in [4.78, 5) is 10.1. The second-order valence-electron chi connectivity index (χ2n) is 41.7. The third-order valence-electron chi connectivity index (χ3n) is 25.4. The highest BCUT2D eigenvalue weighted by Crippen LogP contribution is 2.64. The van der Waals surface area contributed by atoms with Crippen LogP contribution in [0, 0.1) is 0 Å². The third-order valence-corrected chi connectivity index (χ3v) is 25.4. The van der Waals surface area contributed by atoms with Crippen LogP contribution in [0.2, 0.25) is 0 Å². The summed E-state index contributed by atoms with van der Waals surface area (Å²) in [6, 6.07) is 105. The Balaban J connectivity index is 1.07. The fourth-order valence-electron chi connectivity index (χ4n) is 18.1. The maximum atomic E-state index is 2.63. The molecule has 0 radical (unpaired) electrons. The SMILES string of the molecule is CCC1(CC2(CC)c3cc(N(c4ccc(C(C)(C)C)cc4)c4ccc(C(C)(C)C)cc4)ccc3-c3ccc(N(c4ccc(C(C)(C)C)cc4)c4ccc(C(C)(C)C)cc4)cc32)c2cc(N(c3ccc(C(C)(C)C)cc3)c3ccc(C(C)(C)C)cc3)ccc2-c2ccc(N(c3ccc(C(C)(C)C)cc3)c3ccc(C(C)(C)C)cc3)cc21. The van der Waals surface area contributed by atoms with Crippen LogP contribution >= 0.6 is 0 Å². The van der Waals surface area contributed by atoms with Crippen LogP contribution in [0.3, 0.4) is 0 Å². The number of benzene rings is 12. The van der Waals surface area contributed by atoms with Crippen LogP contribution in [0.15, 0.2) is 267 Å². The van der Waals surface area contributed by atoms with Crippen molar-refractivity contribution < 1.29 is 0 Å². The molecule has 4 heteroatoms. The molecule has 0 fully saturated rings. The van der Waals surface area contributed by atoms with Gasteiger partial charge in [0.25, 0.3) is 0 Å². The van der Waals surface area contributed by atoms with Crippen LogP contribution in [0.1, 0.15) is 266 Å². The maximum absolute atomic E-state index is 2.63. The Hall–Kier alpha value is -10.2. The molecule has 12 aromatic rings. The minimum atomic E-state index is -0.593. The predicted octanol–water partition coefficient (Wildman–Crippen LogP) is 32.4. The summed E-state index contributed by atoms with van der Waals surface area (Å²) >= 11 is 0. The van der Waals surface area contributed by atoms with Crippen molar-refractivity contribution in [3.05, 3.63) is 334 Å². The lowest BCUT2D eigenvalue weighted by Crippen LogP contribution is -2.37. The lowest BCUT2D eigenvalue weighted by atomic mass is 9.60. The van der Waals surface area contributed by atoms with Gasteiger partial charge in [0.1, 0.15) is 0 Å². The molecule has 2 aliphatic rings. The molecule has 592 valence electrons. The zero-order valence-electron chi connectivity index (χ0n) is 74.3. The van der Waals surface area contributed by atoms with Crippen LogP contribution in [-0.4, -0.2) is 0 Å². The van der Waals surface area contributed by atoms with Crippen LogP contribution in [0.4, 0.5) is 68.2 Å². The van der Waals surface area contributed by atoms with E-state index in [4.69, 9.17) is 0 Å². The molecule has 0 unspecified atom stereocenters. The van der Waals surface area contributed by atoms with Crippen LogP contribution in [0.5, 0.6) is 0 Å². The molecule has 0 spiro atoms. The summed E-state index contributed by atoms with van der Waals surface area (Å²) < 4.78 is 0. The van der Waals surface area contributed by atoms with E-state index >= 15 is 0 Å². The van der Waals surface area contributed by atoms with Crippen molar-refractivity contribution in [2.45, 2.75) is 253 Å². The van der Waals surface area contributed by atoms with Gasteiger partial charge in [-0.1, -0.05) is 301 Å². The normalized spacial score (nSPS) is 14.1. The van der Waals surface area contributed by atoms with Gasteiger partial charge in [-0.3, -0.25) is 0 Å². The molecular weight excluding hydrogens is 1390 g/mol. The number of anilines is 12. The molecule has 0 heterocycles. The zero-order valence-corrected chi connectivity index (χ0v) is 74.3. The average Bonchev–Trinajstić information content (AvgIpc) is 1.53. The van der Waals surface area contributed by atoms with Crippen molar-refractivity contribution in [2.75, 3.05) is 19.6 Å². The molecule has 0 amide bonds. The van der Waals surface area contributed by atoms with E-state index < -0.39 is 10.8 Å². The van der Waals surface area contributed by atoms with Gasteiger partial charge in [0.05, 0.1) is 0 Å². The largest absolute Gasteiger partial charge is 0.310 e. The van der Waals surface area contributed by atoms with E-state index in [1.165, 1.54) is 89.0 Å². The Morgan fingerprint density at radius 3 is 0.409 bits per heavy atom. The van der Waals surface area contributed by atoms with Crippen molar-refractivity contribution >= 4 is 68.2 Å². The van der Waals surface area contributed by atoms with E-state index in [2.05, 4.69) is 467 Å². The second-order valence-corrected chi connectivity index (χ2v) is 41.7. The molecule has 2 aliphatic carbocycles. The van der Waals surface area contributed by atoms with E-state index in [0.29, 0.717) is 0 Å². The maximum Gasteiger partial charge on any atom is 0.0465 e. The van der Waals surface area contributed by atoms with Crippen molar-refractivity contribution in [2.24, 2.45) is 0 Å². The molecule has 0 bridgehead atoms. The van der Waals surface area contributed by atoms with Crippen molar-refractivity contribution in [3.8, 4) is 22.3 Å². The Morgan fingerprint density at radius 1 is 0.174 bits per heavy atom. The molecule has 0 saturated heterocycles. The Kier molecular flexibility index (Phi) is 20.9. The lowest BCUT2D eigenvalue weighted by molar-refractivity contribution is 0.342. The van der Waals surface area contributed by atoms with Gasteiger partial charge in [0, 0.05) is 79.1 Å². The van der Waals surface area contributed by atoms with Gasteiger partial charge in [0.15, 0.2) is 0 Å². The third kappa shape index (κ3) is 15.7. The van der Waals surface area contributed by atoms with E-state index in [0.717, 1.165) is 87.5 Å². The van der Waals surface area contributed by atoms with E-state index in [-0.39, 0.29) is 43.3 Å². The van der Waals surface area contributed by atoms with Gasteiger partial charge < -0.3 is 19.6 Å². The number of hydrogen-bond acceptors (Lipinski definition) is 4. The first kappa shape index (κ1) is 81.4. The highest BCUT2D eigenvalue weighted by Gasteiger charge is 2.53. The van der Waals surface area contributed by atoms with Gasteiger partial charge in [-0.25, -0.2) is 0 Å². The molecule has 12 aromatic carbocycles. The summed E-state index contributed by atoms with van der Waals surface area (Å²) in [7, 11) is 0. The highest BCUT2D eigenvalue weighted by atomic mass is 15.2. The Morgan fingerprint density at radius 2 is 0.296 bits per heavy atom. The minimum absolute atomic E-state index is 0.0202. The molecule has 115 heavy (non-hydrogen) atoms. The quantitative estimate of drug-likeness (QED) is 0.0956. The van der Waals surface area contributed by atoms with E-state index in [1.807, 2.05) is 0 Å². The summed E-state index contributed by atoms with van der Waals surface area (Å²) in [5, 5.41) is 0. The summed E-state index contributed by atoms with van der Waals surface area (Å²) in [6.45, 7) is 60.6. The summed E-state index contributed by atoms with van der Waals surface area (Å²) in [5.74, 6) is 0. The summed E-state index contributed by atoms with van der Waals surface area (Å²) in [6.07, 6.45) is 2.42. The first-order valence-corrected chi connectivity index (χ1v) is 42.5. The average molecular weight is 1520 g/mol. The van der Waals surface area contributed by atoms with Gasteiger partial charge in [-0.2, -0.15) is 0 Å². The number of nitrogens with zero attached hydrogens (tertiary/aromatic N) is 4. The van der Waals surface area contributed by atoms with E-state index in [9.17, 15) is 0 Å². The zero-order chi connectivity index (χ0) is 82.7. The summed E-state index contributed by atoms with van der Waals surface area (Å²) in [5.41, 5.74) is 33.2. The first-order valence-electron chi connectivity index (χ1n) is 42.5. The van der Waals surface area contributed by atoms with Crippen LogP contribution < -0.4 is 19.6 Å². The Bertz CT molecular complexity index is 4570. The van der Waals surface area contributed by atoms with Crippen LogP contribution in [-0.2, 0) is 54.1 Å². The van der Waals surface area contributed by atoms with Crippen molar-refractivity contribution in [3.63, 3.8) is 0 Å². The molecule has 0 aromatic heterocycles. The molecular formula is C111H128N4. The molecule has 0 saturated carbocycles. The first-order chi connectivity index (χ1) is 53.9. The van der Waals surface area contributed by atoms with Gasteiger partial charge in [-0.15, -0.1) is 0 Å². The van der Waals surface area contributed by atoms with Crippen molar-refractivity contribution in [1.29, 1.82) is 0 Å². The molecule has 0 aliphatic heterocycles. The van der Waals surface area contributed by atoms with Gasteiger partial charge >= 0.3 is 0 Å². The topological polar surface area (TPSA) is 13.0 Å². The monoisotopic (exact) mass is 1520 g/mol. The Labute approximate surface area is 692 Å². The number of fused-ring (bicyclic) bond motifs is 6. The molecule has 0 atom stereocenters. The minimum Gasteiger partial charge on any atom is -0.310 e. The molecule has 0 N–H and O–H groups in total. The smallest absolute Gasteiger partial charge is 0.0465 e. The lowest BCUT2D eigenvalue weighted by Gasteiger charge is -2.43. The van der Waals surface area contributed by atoms with E-state index in [1.54, 1.807) is 0 Å². The number of hydrogen-bond donors (Lipinski definition) is 0. The molecule has 4 nitrogen and oxygen atoms in total. The standard InChI is InChI=1S/C111H128N4/c1-27-110(98-69-90(112(82-45-29-74(30-46-82)102(3,4)5)83-47-31-75(32-48-83)103(6,7)8)61-65-94(98)95-66-62-91(70-99(95)110)113(84-49-33-76(34-50-84)104(9,10)11)85-51-35-77(36-52-85)105(12,13)14)73-111(28-2)100-71-92(114(86-53-37-78(38-54-86)106(15,16)17)87-55-39-79(40-56-87)107(18,19)20)63-67-96(100)97-68-64-93(72-101(97)111)115(88-57-41-80(42-58-88)108(21,22)23)89-59-43-81(44-60-89)109(24,25)26/h29-72H,27-28,73H2,1-26H3. The number of rotatable bonds is 16. The van der Waals surface area contributed by atoms with Crippen molar-refractivity contribution in [1.82, 2.24) is 0 Å². The predicted molar refractivity (Wildman–Crippen MR) is 499 cm³/mol. The fourth-order valence-corrected chi connectivity index (χ4v) is 18.1. The van der Waals surface area contributed by atoms with Crippen LogP contribution in [0.25, 0.3) is 22.3 Å². The fraction of sp³-hybridized carbons (Fsp3) is 0.351. The second kappa shape index (κ2) is 29.5. The molecule has 14 rings (SSSR count). The van der Waals surface area contributed by atoms with Gasteiger partial charge in [-0.05, 0) is 297 Å². The highest BCUT2D eigenvalue weighted by molar-refractivity contribution is 5.93. The van der Waals surface area contributed by atoms with Gasteiger partial charge in [0.2, 0.25) is 0 Å².